The minimum atomic E-state index is -3.62. The number of carbonyl (C=O) groups is 1. The average Bonchev–Trinajstić information content (AvgIpc) is 3.13. The Morgan fingerprint density at radius 3 is 2.92 bits per heavy atom. The van der Waals surface area contributed by atoms with Crippen LogP contribution in [0.4, 0.5) is 0 Å². The lowest BCUT2D eigenvalue weighted by Crippen LogP contribution is -2.45. The van der Waals surface area contributed by atoms with Crippen molar-refractivity contribution in [3.05, 3.63) is 24.5 Å². The molecular formula is C17H22N4O3S. The third kappa shape index (κ3) is 2.93. The second-order valence-electron chi connectivity index (χ2n) is 6.87. The van der Waals surface area contributed by atoms with Crippen LogP contribution in [-0.4, -0.2) is 58.7 Å². The smallest absolute Gasteiger partial charge is 0.245 e. The molecular weight excluding hydrogens is 340 g/mol. The maximum absolute atomic E-state index is 13.2. The molecule has 134 valence electrons. The molecule has 1 aliphatic heterocycles. The summed E-state index contributed by atoms with van der Waals surface area (Å²) < 4.78 is 28.0. The lowest BCUT2D eigenvalue weighted by atomic mass is 10.2. The Morgan fingerprint density at radius 2 is 2.20 bits per heavy atom. The lowest BCUT2D eigenvalue weighted by Gasteiger charge is -2.29. The Morgan fingerprint density at radius 1 is 1.40 bits per heavy atom. The number of fused-ring (bicyclic) bond motifs is 1. The van der Waals surface area contributed by atoms with Crippen molar-refractivity contribution in [3.63, 3.8) is 0 Å². The first-order chi connectivity index (χ1) is 12.0. The third-order valence-corrected chi connectivity index (χ3v) is 7.11. The maximum atomic E-state index is 13.2. The molecule has 8 heteroatoms. The number of pyridine rings is 1. The van der Waals surface area contributed by atoms with Crippen LogP contribution in [0.1, 0.15) is 32.6 Å². The highest BCUT2D eigenvalue weighted by molar-refractivity contribution is 7.89. The predicted molar refractivity (Wildman–Crippen MR) is 93.4 cm³/mol. The second-order valence-corrected chi connectivity index (χ2v) is 8.73. The van der Waals surface area contributed by atoms with Crippen LogP contribution in [0.15, 0.2) is 29.4 Å². The molecule has 7 nitrogen and oxygen atoms in total. The van der Waals surface area contributed by atoms with Crippen LogP contribution in [0.2, 0.25) is 0 Å². The molecule has 0 aromatic carbocycles. The normalized spacial score (nSPS) is 21.7. The number of aromatic nitrogens is 2. The number of hydrogen-bond donors (Lipinski definition) is 1. The van der Waals surface area contributed by atoms with Crippen LogP contribution >= 0.6 is 0 Å². The van der Waals surface area contributed by atoms with Crippen molar-refractivity contribution < 1.29 is 13.2 Å². The SMILES string of the molecule is CC(=O)N(CC1CCCN1S(=O)(=O)c1c[nH]c2ncccc12)C1CC1. The van der Waals surface area contributed by atoms with Gasteiger partial charge in [-0.2, -0.15) is 4.31 Å². The van der Waals surface area contributed by atoms with Crippen molar-refractivity contribution in [2.24, 2.45) is 0 Å². The van der Waals surface area contributed by atoms with E-state index in [4.69, 9.17) is 0 Å². The van der Waals surface area contributed by atoms with Crippen molar-refractivity contribution in [1.82, 2.24) is 19.2 Å². The highest BCUT2D eigenvalue weighted by Gasteiger charge is 2.40. The molecule has 2 aromatic rings. The number of hydrogen-bond acceptors (Lipinski definition) is 4. The molecule has 0 radical (unpaired) electrons. The van der Waals surface area contributed by atoms with E-state index in [1.807, 2.05) is 4.90 Å². The number of H-pyrrole nitrogens is 1. The summed E-state index contributed by atoms with van der Waals surface area (Å²) in [5.41, 5.74) is 0.570. The van der Waals surface area contributed by atoms with Gasteiger partial charge in [-0.25, -0.2) is 13.4 Å². The second kappa shape index (κ2) is 6.10. The number of carbonyl (C=O) groups excluding carboxylic acids is 1. The molecule has 0 bridgehead atoms. The summed E-state index contributed by atoms with van der Waals surface area (Å²) in [6.07, 6.45) is 6.80. The molecule has 2 aromatic heterocycles. The average molecular weight is 362 g/mol. The van der Waals surface area contributed by atoms with Crippen molar-refractivity contribution >= 4 is 27.0 Å². The summed E-state index contributed by atoms with van der Waals surface area (Å²) in [6.45, 7) is 2.55. The fourth-order valence-corrected chi connectivity index (χ4v) is 5.56. The van der Waals surface area contributed by atoms with Crippen molar-refractivity contribution in [2.75, 3.05) is 13.1 Å². The van der Waals surface area contributed by atoms with Gasteiger partial charge in [-0.15, -0.1) is 0 Å². The fourth-order valence-electron chi connectivity index (χ4n) is 3.73. The number of nitrogens with one attached hydrogen (secondary N) is 1. The summed E-state index contributed by atoms with van der Waals surface area (Å²) in [4.78, 5) is 21.1. The van der Waals surface area contributed by atoms with E-state index in [2.05, 4.69) is 9.97 Å². The zero-order valence-electron chi connectivity index (χ0n) is 14.2. The Hall–Kier alpha value is -1.93. The van der Waals surface area contributed by atoms with Crippen LogP contribution in [0.5, 0.6) is 0 Å². The first-order valence-electron chi connectivity index (χ1n) is 8.69. The molecule has 25 heavy (non-hydrogen) atoms. The standard InChI is InChI=1S/C17H22N4O3S/c1-12(22)20(13-6-7-13)11-14-4-3-9-21(14)25(23,24)16-10-19-17-15(16)5-2-8-18-17/h2,5,8,10,13-14H,3-4,6-7,9,11H2,1H3,(H,18,19). The van der Waals surface area contributed by atoms with E-state index in [1.54, 1.807) is 29.6 Å². The van der Waals surface area contributed by atoms with Gasteiger partial charge in [-0.05, 0) is 37.8 Å². The molecule has 4 rings (SSSR count). The van der Waals surface area contributed by atoms with Gasteiger partial charge in [-0.3, -0.25) is 4.79 Å². The first kappa shape index (κ1) is 16.5. The Labute approximate surface area is 147 Å². The molecule has 0 spiro atoms. The van der Waals surface area contributed by atoms with Gasteiger partial charge in [-0.1, -0.05) is 0 Å². The van der Waals surface area contributed by atoms with Gasteiger partial charge in [0, 0.05) is 49.9 Å². The van der Waals surface area contributed by atoms with Gasteiger partial charge < -0.3 is 9.88 Å². The predicted octanol–water partition coefficient (Wildman–Crippen LogP) is 1.73. The lowest BCUT2D eigenvalue weighted by molar-refractivity contribution is -0.129. The summed E-state index contributed by atoms with van der Waals surface area (Å²) in [7, 11) is -3.62. The van der Waals surface area contributed by atoms with Gasteiger partial charge in [0.25, 0.3) is 0 Å². The monoisotopic (exact) mass is 362 g/mol. The van der Waals surface area contributed by atoms with E-state index in [-0.39, 0.29) is 16.8 Å². The number of aromatic amines is 1. The first-order valence-corrected chi connectivity index (χ1v) is 10.1. The largest absolute Gasteiger partial charge is 0.345 e. The Bertz CT molecular complexity index is 904. The Kier molecular flexibility index (Phi) is 4.04. The van der Waals surface area contributed by atoms with Crippen molar-refractivity contribution in [3.8, 4) is 0 Å². The third-order valence-electron chi connectivity index (χ3n) is 5.12. The van der Waals surface area contributed by atoms with Gasteiger partial charge in [0.05, 0.1) is 0 Å². The summed E-state index contributed by atoms with van der Waals surface area (Å²) in [5.74, 6) is 0.0306. The van der Waals surface area contributed by atoms with E-state index in [9.17, 15) is 13.2 Å². The Balaban J connectivity index is 1.63. The summed E-state index contributed by atoms with van der Waals surface area (Å²) >= 11 is 0. The molecule has 1 saturated carbocycles. The van der Waals surface area contributed by atoms with Gasteiger partial charge >= 0.3 is 0 Å². The minimum absolute atomic E-state index is 0.0306. The number of amides is 1. The molecule has 2 fully saturated rings. The zero-order valence-corrected chi connectivity index (χ0v) is 15.0. The topological polar surface area (TPSA) is 86.4 Å². The molecule has 1 atom stereocenters. The molecule has 3 heterocycles. The zero-order chi connectivity index (χ0) is 17.6. The quantitative estimate of drug-likeness (QED) is 0.877. The summed E-state index contributed by atoms with van der Waals surface area (Å²) in [6, 6.07) is 3.64. The number of nitrogens with zero attached hydrogens (tertiary/aromatic N) is 3. The molecule has 1 aliphatic carbocycles. The van der Waals surface area contributed by atoms with Crippen LogP contribution in [0.3, 0.4) is 0 Å². The van der Waals surface area contributed by atoms with E-state index >= 15 is 0 Å². The summed E-state index contributed by atoms with van der Waals surface area (Å²) in [5, 5.41) is 0.610. The highest BCUT2D eigenvalue weighted by atomic mass is 32.2. The van der Waals surface area contributed by atoms with Gasteiger partial charge in [0.1, 0.15) is 10.5 Å². The van der Waals surface area contributed by atoms with Crippen LogP contribution < -0.4 is 0 Å². The van der Waals surface area contributed by atoms with Crippen LogP contribution in [-0.2, 0) is 14.8 Å². The maximum Gasteiger partial charge on any atom is 0.245 e. The number of rotatable bonds is 5. The highest BCUT2D eigenvalue weighted by Crippen LogP contribution is 2.33. The van der Waals surface area contributed by atoms with Gasteiger partial charge in [0.15, 0.2) is 0 Å². The molecule has 2 aliphatic rings. The van der Waals surface area contributed by atoms with Crippen molar-refractivity contribution in [2.45, 2.75) is 49.6 Å². The molecule has 1 amide bonds. The molecule has 1 N–H and O–H groups in total. The molecule has 1 unspecified atom stereocenters. The van der Waals surface area contributed by atoms with Crippen LogP contribution in [0, 0.1) is 0 Å². The fraction of sp³-hybridized carbons (Fsp3) is 0.529. The van der Waals surface area contributed by atoms with E-state index in [0.29, 0.717) is 30.2 Å². The number of sulfonamides is 1. The van der Waals surface area contributed by atoms with Crippen LogP contribution in [0.25, 0.3) is 11.0 Å². The van der Waals surface area contributed by atoms with E-state index < -0.39 is 10.0 Å². The van der Waals surface area contributed by atoms with Gasteiger partial charge in [0.2, 0.25) is 15.9 Å². The van der Waals surface area contributed by atoms with E-state index in [0.717, 1.165) is 25.7 Å². The van der Waals surface area contributed by atoms with Crippen molar-refractivity contribution in [1.29, 1.82) is 0 Å². The molecule has 1 saturated heterocycles. The minimum Gasteiger partial charge on any atom is -0.345 e. The van der Waals surface area contributed by atoms with E-state index in [1.165, 1.54) is 6.20 Å².